The number of aromatic nitrogens is 3. The number of pyridine rings is 1. The highest BCUT2D eigenvalue weighted by molar-refractivity contribution is 7.08. The molecule has 3 aromatic rings. The van der Waals surface area contributed by atoms with E-state index in [0.29, 0.717) is 23.6 Å². The van der Waals surface area contributed by atoms with Crippen LogP contribution in [0.4, 0.5) is 0 Å². The van der Waals surface area contributed by atoms with E-state index in [2.05, 4.69) is 15.1 Å². The molecule has 3 aromatic heterocycles. The first-order chi connectivity index (χ1) is 13.0. The maximum atomic E-state index is 12.0. The molecule has 0 aliphatic carbocycles. The van der Waals surface area contributed by atoms with Crippen molar-refractivity contribution in [1.29, 1.82) is 5.26 Å². The molecule has 0 aromatic carbocycles. The fourth-order valence-corrected chi connectivity index (χ4v) is 3.31. The highest BCUT2D eigenvalue weighted by Crippen LogP contribution is 2.20. The molecule has 138 valence electrons. The van der Waals surface area contributed by atoms with Gasteiger partial charge >= 0.3 is 5.97 Å². The monoisotopic (exact) mass is 384 g/mol. The summed E-state index contributed by atoms with van der Waals surface area (Å²) in [6.07, 6.45) is 0.461. The summed E-state index contributed by atoms with van der Waals surface area (Å²) >= 11 is 1.52. The van der Waals surface area contributed by atoms with Crippen molar-refractivity contribution in [2.45, 2.75) is 33.3 Å². The highest BCUT2D eigenvalue weighted by Gasteiger charge is 2.15. The molecule has 1 N–H and O–H groups in total. The van der Waals surface area contributed by atoms with E-state index in [1.54, 1.807) is 13.8 Å². The van der Waals surface area contributed by atoms with Crippen molar-refractivity contribution < 1.29 is 14.1 Å². The second kappa shape index (κ2) is 7.97. The average molecular weight is 384 g/mol. The van der Waals surface area contributed by atoms with Gasteiger partial charge in [-0.15, -0.1) is 0 Å². The summed E-state index contributed by atoms with van der Waals surface area (Å²) in [6, 6.07) is 3.75. The van der Waals surface area contributed by atoms with Crippen LogP contribution in [0.5, 0.6) is 0 Å². The molecule has 0 amide bonds. The number of aromatic amines is 1. The van der Waals surface area contributed by atoms with Gasteiger partial charge in [-0.2, -0.15) is 21.6 Å². The number of aryl methyl sites for hydroxylation is 1. The fraction of sp³-hybridized carbons (Fsp3) is 0.278. The third-order valence-electron chi connectivity index (χ3n) is 4.10. The lowest BCUT2D eigenvalue weighted by Gasteiger charge is -2.10. The molecule has 0 saturated carbocycles. The smallest absolute Gasteiger partial charge is 0.306 e. The van der Waals surface area contributed by atoms with Crippen LogP contribution in [0.2, 0.25) is 0 Å². The Morgan fingerprint density at radius 3 is 2.96 bits per heavy atom. The molecule has 0 unspecified atom stereocenters. The minimum absolute atomic E-state index is 0.0664. The van der Waals surface area contributed by atoms with Crippen molar-refractivity contribution in [2.24, 2.45) is 0 Å². The number of nitrogens with zero attached hydrogens (tertiary/aromatic N) is 3. The van der Waals surface area contributed by atoms with Crippen LogP contribution in [0.15, 0.2) is 26.1 Å². The first-order valence-corrected chi connectivity index (χ1v) is 9.07. The molecular weight excluding hydrogens is 368 g/mol. The Morgan fingerprint density at radius 2 is 2.26 bits per heavy atom. The van der Waals surface area contributed by atoms with Gasteiger partial charge in [0.1, 0.15) is 11.6 Å². The lowest BCUT2D eigenvalue weighted by molar-refractivity contribution is -0.145. The van der Waals surface area contributed by atoms with Gasteiger partial charge in [0.25, 0.3) is 11.4 Å². The number of ether oxygens (including phenoxy) is 1. The summed E-state index contributed by atoms with van der Waals surface area (Å²) in [5, 5.41) is 16.7. The number of carbonyl (C=O) groups excluding carboxylic acids is 1. The number of rotatable bonds is 6. The molecule has 3 heterocycles. The molecule has 0 saturated heterocycles. The molecule has 0 bridgehead atoms. The lowest BCUT2D eigenvalue weighted by Crippen LogP contribution is -2.17. The predicted octanol–water partition coefficient (Wildman–Crippen LogP) is 2.65. The van der Waals surface area contributed by atoms with Crippen LogP contribution >= 0.6 is 11.3 Å². The summed E-state index contributed by atoms with van der Waals surface area (Å²) in [5.74, 6) is 0.235. The van der Waals surface area contributed by atoms with Crippen molar-refractivity contribution in [3.63, 3.8) is 0 Å². The number of esters is 1. The maximum absolute atomic E-state index is 12.0. The molecule has 3 rings (SSSR count). The largest absolute Gasteiger partial charge is 0.457 e. The topological polar surface area (TPSA) is 122 Å². The normalized spacial score (nSPS) is 10.6. The van der Waals surface area contributed by atoms with Crippen LogP contribution in [0.1, 0.15) is 34.6 Å². The molecule has 0 aliphatic rings. The Morgan fingerprint density at radius 1 is 1.44 bits per heavy atom. The zero-order valence-electron chi connectivity index (χ0n) is 14.7. The lowest BCUT2D eigenvalue weighted by atomic mass is 9.99. The van der Waals surface area contributed by atoms with Crippen LogP contribution in [-0.2, 0) is 22.6 Å². The number of H-pyrrole nitrogens is 1. The number of hydrogen-bond acceptors (Lipinski definition) is 8. The number of hydrogen-bond donors (Lipinski definition) is 1. The third kappa shape index (κ3) is 4.12. The highest BCUT2D eigenvalue weighted by atomic mass is 32.1. The Kier molecular flexibility index (Phi) is 5.47. The van der Waals surface area contributed by atoms with Crippen molar-refractivity contribution in [3.05, 3.63) is 55.4 Å². The molecule has 0 radical (unpaired) electrons. The summed E-state index contributed by atoms with van der Waals surface area (Å²) in [5.41, 5.74) is 2.46. The molecule has 0 aliphatic heterocycles. The zero-order valence-corrected chi connectivity index (χ0v) is 15.6. The van der Waals surface area contributed by atoms with Gasteiger partial charge in [0, 0.05) is 17.5 Å². The number of nitrogens with one attached hydrogen (secondary N) is 1. The Labute approximate surface area is 158 Å². The van der Waals surface area contributed by atoms with Crippen LogP contribution in [0, 0.1) is 25.2 Å². The van der Waals surface area contributed by atoms with Gasteiger partial charge < -0.3 is 14.2 Å². The quantitative estimate of drug-likeness (QED) is 0.648. The number of nitriles is 1. The fourth-order valence-electron chi connectivity index (χ4n) is 2.68. The van der Waals surface area contributed by atoms with E-state index in [1.807, 2.05) is 22.9 Å². The Hall–Kier alpha value is -3.25. The second-order valence-corrected chi connectivity index (χ2v) is 6.64. The van der Waals surface area contributed by atoms with Crippen molar-refractivity contribution in [2.75, 3.05) is 0 Å². The first kappa shape index (κ1) is 18.5. The first-order valence-electron chi connectivity index (χ1n) is 8.12. The summed E-state index contributed by atoms with van der Waals surface area (Å²) in [4.78, 5) is 30.6. The number of carbonyl (C=O) groups is 1. The predicted molar refractivity (Wildman–Crippen MR) is 97.0 cm³/mol. The van der Waals surface area contributed by atoms with Crippen molar-refractivity contribution in [3.8, 4) is 17.5 Å². The Bertz CT molecular complexity index is 1060. The summed E-state index contributed by atoms with van der Waals surface area (Å²) in [7, 11) is 0. The van der Waals surface area contributed by atoms with E-state index in [0.717, 1.165) is 11.1 Å². The van der Waals surface area contributed by atoms with Crippen LogP contribution in [-0.4, -0.2) is 21.1 Å². The molecule has 0 fully saturated rings. The van der Waals surface area contributed by atoms with Gasteiger partial charge in [-0.25, -0.2) is 0 Å². The van der Waals surface area contributed by atoms with E-state index < -0.39 is 11.5 Å². The summed E-state index contributed by atoms with van der Waals surface area (Å²) < 4.78 is 10.3. The molecular formula is C18H16N4O4S. The van der Waals surface area contributed by atoms with Gasteiger partial charge in [-0.1, -0.05) is 5.16 Å². The maximum Gasteiger partial charge on any atom is 0.306 e. The van der Waals surface area contributed by atoms with Crippen molar-refractivity contribution >= 4 is 17.3 Å². The Balaban J connectivity index is 1.58. The standard InChI is InChI=1S/C18H16N4O4S/c1-10-13(11(2)20-17(24)14(10)7-19)3-4-16(23)25-8-15-21-18(26-22-15)12-5-6-27-9-12/h5-6,9H,3-4,8H2,1-2H3,(H,20,24). The molecule has 8 nitrogen and oxygen atoms in total. The summed E-state index contributed by atoms with van der Waals surface area (Å²) in [6.45, 7) is 3.35. The van der Waals surface area contributed by atoms with Crippen LogP contribution in [0.25, 0.3) is 11.5 Å². The van der Waals surface area contributed by atoms with Crippen LogP contribution in [0.3, 0.4) is 0 Å². The van der Waals surface area contributed by atoms with E-state index >= 15 is 0 Å². The average Bonchev–Trinajstić information content (AvgIpc) is 3.31. The second-order valence-electron chi connectivity index (χ2n) is 5.86. The third-order valence-corrected chi connectivity index (χ3v) is 4.78. The zero-order chi connectivity index (χ0) is 19.4. The molecule has 0 atom stereocenters. The van der Waals surface area contributed by atoms with Gasteiger partial charge in [0.05, 0.1) is 5.56 Å². The number of thiophene rings is 1. The van der Waals surface area contributed by atoms with Crippen LogP contribution < -0.4 is 5.56 Å². The van der Waals surface area contributed by atoms with Gasteiger partial charge in [-0.3, -0.25) is 9.59 Å². The van der Waals surface area contributed by atoms with Gasteiger partial charge in [0.2, 0.25) is 5.82 Å². The molecule has 0 spiro atoms. The van der Waals surface area contributed by atoms with E-state index in [4.69, 9.17) is 14.5 Å². The van der Waals surface area contributed by atoms with Crippen molar-refractivity contribution in [1.82, 2.24) is 15.1 Å². The minimum Gasteiger partial charge on any atom is -0.457 e. The van der Waals surface area contributed by atoms with E-state index in [9.17, 15) is 9.59 Å². The molecule has 27 heavy (non-hydrogen) atoms. The minimum atomic E-state index is -0.430. The van der Waals surface area contributed by atoms with E-state index in [1.165, 1.54) is 11.3 Å². The SMILES string of the molecule is Cc1[nH]c(=O)c(C#N)c(C)c1CCC(=O)OCc1noc(-c2ccsc2)n1. The van der Waals surface area contributed by atoms with Gasteiger partial charge in [0.15, 0.2) is 6.61 Å². The molecule has 9 heteroatoms. The van der Waals surface area contributed by atoms with E-state index in [-0.39, 0.29) is 24.4 Å². The van der Waals surface area contributed by atoms with Gasteiger partial charge in [-0.05, 0) is 42.8 Å².